The van der Waals surface area contributed by atoms with E-state index in [2.05, 4.69) is 10.6 Å². The minimum atomic E-state index is -0.567. The van der Waals surface area contributed by atoms with Gasteiger partial charge in [0.25, 0.3) is 0 Å². The largest absolute Gasteiger partial charge is 0.464 e. The summed E-state index contributed by atoms with van der Waals surface area (Å²) >= 11 is 0. The van der Waals surface area contributed by atoms with Crippen molar-refractivity contribution >= 4 is 23.3 Å². The number of amides is 1. The fourth-order valence-electron chi connectivity index (χ4n) is 2.79. The Balaban J connectivity index is 1.85. The van der Waals surface area contributed by atoms with Gasteiger partial charge in [0, 0.05) is 17.8 Å². The Morgan fingerprint density at radius 3 is 2.75 bits per heavy atom. The molecule has 0 saturated heterocycles. The zero-order valence-corrected chi connectivity index (χ0v) is 13.5. The molecule has 2 N–H and O–H groups in total. The van der Waals surface area contributed by atoms with E-state index < -0.39 is 6.04 Å². The van der Waals surface area contributed by atoms with Crippen LogP contribution in [0.25, 0.3) is 0 Å². The van der Waals surface area contributed by atoms with Crippen LogP contribution in [-0.4, -0.2) is 18.5 Å². The number of benzene rings is 2. The quantitative estimate of drug-likeness (QED) is 0.828. The van der Waals surface area contributed by atoms with E-state index >= 15 is 0 Å². The lowest BCUT2D eigenvalue weighted by Gasteiger charge is -2.21. The van der Waals surface area contributed by atoms with Gasteiger partial charge in [0.2, 0.25) is 5.91 Å². The smallest absolute Gasteiger partial charge is 0.333 e. The van der Waals surface area contributed by atoms with Gasteiger partial charge in [0.1, 0.15) is 0 Å². The molecule has 0 unspecified atom stereocenters. The second-order valence-electron chi connectivity index (χ2n) is 5.66. The number of ether oxygens (including phenoxy) is 1. The molecule has 0 fully saturated rings. The van der Waals surface area contributed by atoms with E-state index in [0.717, 1.165) is 22.5 Å². The van der Waals surface area contributed by atoms with Gasteiger partial charge in [-0.3, -0.25) is 4.79 Å². The average Bonchev–Trinajstić information content (AvgIpc) is 2.60. The van der Waals surface area contributed by atoms with Gasteiger partial charge in [-0.1, -0.05) is 30.3 Å². The van der Waals surface area contributed by atoms with Crippen LogP contribution in [0, 0.1) is 0 Å². The third kappa shape index (κ3) is 3.56. The van der Waals surface area contributed by atoms with E-state index in [1.807, 2.05) is 48.5 Å². The summed E-state index contributed by atoms with van der Waals surface area (Å²) < 4.78 is 5.20. The van der Waals surface area contributed by atoms with Crippen molar-refractivity contribution in [3.05, 3.63) is 59.7 Å². The maximum Gasteiger partial charge on any atom is 0.333 e. The zero-order valence-electron chi connectivity index (χ0n) is 13.5. The highest BCUT2D eigenvalue weighted by molar-refractivity contribution is 5.94. The minimum Gasteiger partial charge on any atom is -0.464 e. The van der Waals surface area contributed by atoms with Gasteiger partial charge in [0.15, 0.2) is 6.04 Å². The summed E-state index contributed by atoms with van der Waals surface area (Å²) in [7, 11) is 0. The molecule has 0 radical (unpaired) electrons. The van der Waals surface area contributed by atoms with Crippen molar-refractivity contribution in [3.63, 3.8) is 0 Å². The van der Waals surface area contributed by atoms with Gasteiger partial charge in [0.05, 0.1) is 6.61 Å². The molecule has 0 spiro atoms. The normalized spacial score (nSPS) is 14.3. The Labute approximate surface area is 141 Å². The van der Waals surface area contributed by atoms with Crippen LogP contribution in [0.3, 0.4) is 0 Å². The second-order valence-corrected chi connectivity index (χ2v) is 5.66. The third-order valence-electron chi connectivity index (χ3n) is 3.97. The molecule has 2 aromatic rings. The van der Waals surface area contributed by atoms with Crippen LogP contribution in [0.2, 0.25) is 0 Å². The number of carbonyl (C=O) groups is 2. The van der Waals surface area contributed by atoms with Crippen molar-refractivity contribution in [1.29, 1.82) is 0 Å². The summed E-state index contributed by atoms with van der Waals surface area (Å²) in [6, 6.07) is 14.6. The first-order chi connectivity index (χ1) is 11.7. The van der Waals surface area contributed by atoms with Crippen molar-refractivity contribution < 1.29 is 14.3 Å². The van der Waals surface area contributed by atoms with E-state index in [0.29, 0.717) is 19.4 Å². The topological polar surface area (TPSA) is 67.4 Å². The minimum absolute atomic E-state index is 0.0388. The van der Waals surface area contributed by atoms with Gasteiger partial charge >= 0.3 is 5.97 Å². The molecule has 5 nitrogen and oxygen atoms in total. The van der Waals surface area contributed by atoms with Crippen LogP contribution in [0.5, 0.6) is 0 Å². The van der Waals surface area contributed by atoms with E-state index in [4.69, 9.17) is 4.74 Å². The maximum absolute atomic E-state index is 12.3. The van der Waals surface area contributed by atoms with Crippen LogP contribution < -0.4 is 10.6 Å². The highest BCUT2D eigenvalue weighted by atomic mass is 16.5. The molecule has 0 bridgehead atoms. The summed E-state index contributed by atoms with van der Waals surface area (Å²) in [5, 5.41) is 6.11. The summed E-state index contributed by atoms with van der Waals surface area (Å²) in [5.41, 5.74) is 3.58. The summed E-state index contributed by atoms with van der Waals surface area (Å²) in [6.45, 7) is 2.13. The third-order valence-corrected chi connectivity index (χ3v) is 3.97. The van der Waals surface area contributed by atoms with Crippen molar-refractivity contribution in [2.24, 2.45) is 0 Å². The summed E-state index contributed by atoms with van der Waals surface area (Å²) in [6.07, 6.45) is 1.18. The number of hydrogen-bond acceptors (Lipinski definition) is 4. The van der Waals surface area contributed by atoms with Gasteiger partial charge in [-0.2, -0.15) is 0 Å². The second kappa shape index (κ2) is 7.17. The molecule has 3 rings (SSSR count). The Morgan fingerprint density at radius 1 is 1.21 bits per heavy atom. The number of esters is 1. The molecule has 0 saturated carbocycles. The molecule has 1 heterocycles. The number of aryl methyl sites for hydroxylation is 1. The van der Waals surface area contributed by atoms with Crippen LogP contribution in [0.1, 0.15) is 30.5 Å². The van der Waals surface area contributed by atoms with Crippen LogP contribution in [0.15, 0.2) is 48.5 Å². The van der Waals surface area contributed by atoms with E-state index in [-0.39, 0.29) is 11.9 Å². The van der Waals surface area contributed by atoms with Crippen molar-refractivity contribution in [3.8, 4) is 0 Å². The van der Waals surface area contributed by atoms with E-state index in [9.17, 15) is 9.59 Å². The lowest BCUT2D eigenvalue weighted by atomic mass is 10.0. The molecule has 1 atom stereocenters. The van der Waals surface area contributed by atoms with Crippen molar-refractivity contribution in [2.45, 2.75) is 25.8 Å². The van der Waals surface area contributed by atoms with Crippen molar-refractivity contribution in [2.75, 3.05) is 17.2 Å². The lowest BCUT2D eigenvalue weighted by Crippen LogP contribution is -2.24. The predicted octanol–water partition coefficient (Wildman–Crippen LogP) is 3.29. The lowest BCUT2D eigenvalue weighted by molar-refractivity contribution is -0.144. The van der Waals surface area contributed by atoms with Crippen LogP contribution in [0.4, 0.5) is 11.4 Å². The van der Waals surface area contributed by atoms with Gasteiger partial charge in [-0.05, 0) is 42.7 Å². The molecule has 0 aromatic heterocycles. The molecule has 5 heteroatoms. The number of anilines is 2. The standard InChI is InChI=1S/C19H20N2O3/c1-2-24-19(23)18(13-6-4-3-5-7-13)20-15-9-10-16-14(12-15)8-11-17(22)21-16/h3-7,9-10,12,18,20H,2,8,11H2,1H3,(H,21,22)/t18-/m0/s1. The molecular formula is C19H20N2O3. The number of hydrogen-bond donors (Lipinski definition) is 2. The predicted molar refractivity (Wildman–Crippen MR) is 92.8 cm³/mol. The number of rotatable bonds is 5. The van der Waals surface area contributed by atoms with Gasteiger partial charge < -0.3 is 15.4 Å². The monoisotopic (exact) mass is 324 g/mol. The van der Waals surface area contributed by atoms with Gasteiger partial charge in [-0.25, -0.2) is 4.79 Å². The highest BCUT2D eigenvalue weighted by Crippen LogP contribution is 2.28. The first-order valence-electron chi connectivity index (χ1n) is 8.08. The van der Waals surface area contributed by atoms with E-state index in [1.165, 1.54) is 0 Å². The number of nitrogens with one attached hydrogen (secondary N) is 2. The average molecular weight is 324 g/mol. The summed E-state index contributed by atoms with van der Waals surface area (Å²) in [5.74, 6) is -0.272. The van der Waals surface area contributed by atoms with Gasteiger partial charge in [-0.15, -0.1) is 0 Å². The SMILES string of the molecule is CCOC(=O)[C@@H](Nc1ccc2c(c1)CCC(=O)N2)c1ccccc1. The first-order valence-corrected chi connectivity index (χ1v) is 8.08. The maximum atomic E-state index is 12.3. The zero-order chi connectivity index (χ0) is 16.9. The molecule has 0 aliphatic carbocycles. The molecular weight excluding hydrogens is 304 g/mol. The van der Waals surface area contributed by atoms with Crippen LogP contribution >= 0.6 is 0 Å². The Kier molecular flexibility index (Phi) is 4.79. The summed E-state index contributed by atoms with van der Waals surface area (Å²) in [4.78, 5) is 23.8. The molecule has 1 amide bonds. The molecule has 1 aliphatic rings. The molecule has 24 heavy (non-hydrogen) atoms. The number of fused-ring (bicyclic) bond motifs is 1. The van der Waals surface area contributed by atoms with E-state index in [1.54, 1.807) is 6.92 Å². The first kappa shape index (κ1) is 16.1. The fourth-order valence-corrected chi connectivity index (χ4v) is 2.79. The molecule has 2 aromatic carbocycles. The highest BCUT2D eigenvalue weighted by Gasteiger charge is 2.22. The number of carbonyl (C=O) groups excluding carboxylic acids is 2. The fraction of sp³-hybridized carbons (Fsp3) is 0.263. The van der Waals surface area contributed by atoms with Crippen LogP contribution in [-0.2, 0) is 20.7 Å². The molecule has 1 aliphatic heterocycles. The Morgan fingerprint density at radius 2 is 2.00 bits per heavy atom. The molecule has 124 valence electrons. The van der Waals surface area contributed by atoms with Crippen molar-refractivity contribution in [1.82, 2.24) is 0 Å². The Hall–Kier alpha value is -2.82. The Bertz CT molecular complexity index is 744.